The Bertz CT molecular complexity index is 345. The molecule has 0 saturated heterocycles. The van der Waals surface area contributed by atoms with Gasteiger partial charge in [-0.3, -0.25) is 0 Å². The third-order valence-corrected chi connectivity index (χ3v) is 3.53. The first kappa shape index (κ1) is 13.0. The Kier molecular flexibility index (Phi) is 4.36. The molecule has 0 aliphatic heterocycles. The van der Waals surface area contributed by atoms with Crippen molar-refractivity contribution in [2.45, 2.75) is 40.3 Å². The zero-order chi connectivity index (χ0) is 12.3. The van der Waals surface area contributed by atoms with E-state index in [0.717, 1.165) is 0 Å². The van der Waals surface area contributed by atoms with Crippen LogP contribution < -0.4 is 10.6 Å². The Morgan fingerprint density at radius 2 is 1.88 bits per heavy atom. The first-order chi connectivity index (χ1) is 7.47. The van der Waals surface area contributed by atoms with Crippen molar-refractivity contribution in [3.63, 3.8) is 0 Å². The number of benzene rings is 1. The zero-order valence-electron chi connectivity index (χ0n) is 11.1. The van der Waals surface area contributed by atoms with Gasteiger partial charge in [0.25, 0.3) is 0 Å². The second-order valence-corrected chi connectivity index (χ2v) is 4.91. The molecule has 0 saturated carbocycles. The van der Waals surface area contributed by atoms with Crippen LogP contribution >= 0.6 is 0 Å². The highest BCUT2D eigenvalue weighted by molar-refractivity contribution is 5.51. The molecule has 2 heteroatoms. The summed E-state index contributed by atoms with van der Waals surface area (Å²) >= 11 is 0. The van der Waals surface area contributed by atoms with Crippen LogP contribution in [0.4, 0.5) is 5.69 Å². The molecular weight excluding hydrogens is 196 g/mol. The largest absolute Gasteiger partial charge is 0.372 e. The smallest absolute Gasteiger partial charge is 0.0368 e. The van der Waals surface area contributed by atoms with Gasteiger partial charge in [-0.05, 0) is 43.0 Å². The van der Waals surface area contributed by atoms with Crippen LogP contribution in [0.3, 0.4) is 0 Å². The van der Waals surface area contributed by atoms with E-state index in [4.69, 9.17) is 5.73 Å². The molecule has 0 aliphatic rings. The Hall–Kier alpha value is -1.02. The molecule has 0 heterocycles. The van der Waals surface area contributed by atoms with E-state index in [-0.39, 0.29) is 0 Å². The van der Waals surface area contributed by atoms with E-state index < -0.39 is 0 Å². The first-order valence-electron chi connectivity index (χ1n) is 5.99. The summed E-state index contributed by atoms with van der Waals surface area (Å²) in [5.41, 5.74) is 9.46. The summed E-state index contributed by atoms with van der Waals surface area (Å²) in [7, 11) is 2.15. The maximum Gasteiger partial charge on any atom is 0.0368 e. The lowest BCUT2D eigenvalue weighted by atomic mass is 10.0. The monoisotopic (exact) mass is 220 g/mol. The number of hydrogen-bond donors (Lipinski definition) is 1. The fourth-order valence-corrected chi connectivity index (χ4v) is 1.81. The molecule has 1 rings (SSSR count). The van der Waals surface area contributed by atoms with Crippen molar-refractivity contribution >= 4 is 5.69 Å². The standard InChI is InChI=1S/C14H24N2/c1-10(2)12(4)16(5)14-7-6-13(9-15)11(3)8-14/h6-8,10,12H,9,15H2,1-5H3. The van der Waals surface area contributed by atoms with Gasteiger partial charge in [0.1, 0.15) is 0 Å². The molecule has 0 amide bonds. The summed E-state index contributed by atoms with van der Waals surface area (Å²) in [4.78, 5) is 2.33. The summed E-state index contributed by atoms with van der Waals surface area (Å²) in [5, 5.41) is 0. The molecule has 1 atom stereocenters. The molecule has 0 aromatic heterocycles. The Morgan fingerprint density at radius 3 is 2.31 bits per heavy atom. The van der Waals surface area contributed by atoms with Gasteiger partial charge in [-0.25, -0.2) is 0 Å². The summed E-state index contributed by atoms with van der Waals surface area (Å²) in [5.74, 6) is 0.652. The predicted octanol–water partition coefficient (Wildman–Crippen LogP) is 2.93. The van der Waals surface area contributed by atoms with Gasteiger partial charge < -0.3 is 10.6 Å². The van der Waals surface area contributed by atoms with E-state index in [1.165, 1.54) is 16.8 Å². The molecule has 0 radical (unpaired) electrons. The summed E-state index contributed by atoms with van der Waals surface area (Å²) < 4.78 is 0. The van der Waals surface area contributed by atoms with Gasteiger partial charge in [-0.1, -0.05) is 19.9 Å². The Morgan fingerprint density at radius 1 is 1.25 bits per heavy atom. The van der Waals surface area contributed by atoms with Crippen molar-refractivity contribution in [3.05, 3.63) is 29.3 Å². The van der Waals surface area contributed by atoms with E-state index in [2.05, 4.69) is 57.8 Å². The lowest BCUT2D eigenvalue weighted by molar-refractivity contribution is 0.505. The maximum atomic E-state index is 5.67. The number of nitrogens with two attached hydrogens (primary N) is 1. The Balaban J connectivity index is 2.92. The molecule has 90 valence electrons. The Labute approximate surface area is 99.5 Å². The van der Waals surface area contributed by atoms with Gasteiger partial charge in [0.2, 0.25) is 0 Å². The number of hydrogen-bond acceptors (Lipinski definition) is 2. The number of nitrogens with zero attached hydrogens (tertiary/aromatic N) is 1. The highest BCUT2D eigenvalue weighted by atomic mass is 15.1. The average Bonchev–Trinajstić information content (AvgIpc) is 2.26. The van der Waals surface area contributed by atoms with Gasteiger partial charge in [0, 0.05) is 25.3 Å². The fraction of sp³-hybridized carbons (Fsp3) is 0.571. The third kappa shape index (κ3) is 2.76. The van der Waals surface area contributed by atoms with E-state index in [1.54, 1.807) is 0 Å². The molecule has 0 spiro atoms. The summed E-state index contributed by atoms with van der Waals surface area (Å²) in [6, 6.07) is 7.06. The quantitative estimate of drug-likeness (QED) is 0.845. The van der Waals surface area contributed by atoms with Gasteiger partial charge in [-0.15, -0.1) is 0 Å². The van der Waals surface area contributed by atoms with Crippen molar-refractivity contribution < 1.29 is 0 Å². The molecule has 16 heavy (non-hydrogen) atoms. The molecule has 0 aliphatic carbocycles. The lowest BCUT2D eigenvalue weighted by Crippen LogP contribution is -2.33. The van der Waals surface area contributed by atoms with Crippen molar-refractivity contribution in [2.75, 3.05) is 11.9 Å². The van der Waals surface area contributed by atoms with Crippen LogP contribution in [0.1, 0.15) is 31.9 Å². The van der Waals surface area contributed by atoms with Crippen molar-refractivity contribution in [3.8, 4) is 0 Å². The van der Waals surface area contributed by atoms with Crippen molar-refractivity contribution in [1.29, 1.82) is 0 Å². The maximum absolute atomic E-state index is 5.67. The SMILES string of the molecule is Cc1cc(N(C)C(C)C(C)C)ccc1CN. The van der Waals surface area contributed by atoms with Gasteiger partial charge >= 0.3 is 0 Å². The molecule has 1 aromatic rings. The van der Waals surface area contributed by atoms with Gasteiger partial charge in [0.05, 0.1) is 0 Å². The van der Waals surface area contributed by atoms with Crippen LogP contribution in [0.5, 0.6) is 0 Å². The van der Waals surface area contributed by atoms with Gasteiger partial charge in [-0.2, -0.15) is 0 Å². The zero-order valence-corrected chi connectivity index (χ0v) is 11.1. The second-order valence-electron chi connectivity index (χ2n) is 4.91. The van der Waals surface area contributed by atoms with E-state index in [0.29, 0.717) is 18.5 Å². The highest BCUT2D eigenvalue weighted by Gasteiger charge is 2.13. The molecular formula is C14H24N2. The average molecular weight is 220 g/mol. The first-order valence-corrected chi connectivity index (χ1v) is 5.99. The predicted molar refractivity (Wildman–Crippen MR) is 71.8 cm³/mol. The van der Waals surface area contributed by atoms with Crippen LogP contribution in [0.15, 0.2) is 18.2 Å². The normalized spacial score (nSPS) is 12.9. The van der Waals surface area contributed by atoms with Crippen LogP contribution in [-0.4, -0.2) is 13.1 Å². The van der Waals surface area contributed by atoms with E-state index in [1.807, 2.05) is 0 Å². The molecule has 0 bridgehead atoms. The minimum atomic E-state index is 0.545. The third-order valence-electron chi connectivity index (χ3n) is 3.53. The fourth-order valence-electron chi connectivity index (χ4n) is 1.81. The molecule has 1 aromatic carbocycles. The van der Waals surface area contributed by atoms with Gasteiger partial charge in [0.15, 0.2) is 0 Å². The van der Waals surface area contributed by atoms with Crippen LogP contribution in [0.2, 0.25) is 0 Å². The minimum absolute atomic E-state index is 0.545. The summed E-state index contributed by atoms with van der Waals surface area (Å²) in [6.45, 7) is 9.51. The minimum Gasteiger partial charge on any atom is -0.372 e. The van der Waals surface area contributed by atoms with E-state index >= 15 is 0 Å². The van der Waals surface area contributed by atoms with Crippen LogP contribution in [0, 0.1) is 12.8 Å². The number of aryl methyl sites for hydroxylation is 1. The van der Waals surface area contributed by atoms with E-state index in [9.17, 15) is 0 Å². The highest BCUT2D eigenvalue weighted by Crippen LogP contribution is 2.22. The number of rotatable bonds is 4. The molecule has 0 fully saturated rings. The second kappa shape index (κ2) is 5.35. The van der Waals surface area contributed by atoms with Crippen LogP contribution in [0.25, 0.3) is 0 Å². The topological polar surface area (TPSA) is 29.3 Å². The number of anilines is 1. The summed E-state index contributed by atoms with van der Waals surface area (Å²) in [6.07, 6.45) is 0. The molecule has 2 nitrogen and oxygen atoms in total. The van der Waals surface area contributed by atoms with Crippen molar-refractivity contribution in [1.82, 2.24) is 0 Å². The molecule has 1 unspecified atom stereocenters. The van der Waals surface area contributed by atoms with Crippen LogP contribution in [-0.2, 0) is 6.54 Å². The molecule has 2 N–H and O–H groups in total. The van der Waals surface area contributed by atoms with Crippen molar-refractivity contribution in [2.24, 2.45) is 11.7 Å². The lowest BCUT2D eigenvalue weighted by Gasteiger charge is -2.30.